The summed E-state index contributed by atoms with van der Waals surface area (Å²) in [6.07, 6.45) is 4.09. The molecule has 3 aromatic rings. The highest BCUT2D eigenvalue weighted by molar-refractivity contribution is 5.61. The topological polar surface area (TPSA) is 97.5 Å². The molecule has 2 aromatic carbocycles. The Kier molecular flexibility index (Phi) is 7.78. The first-order chi connectivity index (χ1) is 15.0. The maximum Gasteiger partial charge on any atom is 0.290 e. The SMILES string of the molecule is Cc1cc(CNC2CCC2)ccc1-c1nnc(-c2ccc(OC(C)C)cc2)o1.O=CO. The van der Waals surface area contributed by atoms with Crippen LogP contribution in [0.3, 0.4) is 0 Å². The van der Waals surface area contributed by atoms with Crippen LogP contribution in [0.4, 0.5) is 0 Å². The van der Waals surface area contributed by atoms with Crippen molar-refractivity contribution in [3.63, 3.8) is 0 Å². The standard InChI is InChI=1S/C23H27N3O2.CH2O2/c1-15(2)27-20-10-8-18(9-11-20)22-25-26-23(28-22)21-12-7-17(13-16(21)3)14-24-19-5-4-6-19;2-1-3/h7-13,15,19,24H,4-6,14H2,1-3H3;1H,(H,2,3). The van der Waals surface area contributed by atoms with Crippen LogP contribution >= 0.6 is 0 Å². The van der Waals surface area contributed by atoms with Crippen molar-refractivity contribution in [1.82, 2.24) is 15.5 Å². The minimum Gasteiger partial charge on any atom is -0.491 e. The Morgan fingerprint density at radius 1 is 1.16 bits per heavy atom. The van der Waals surface area contributed by atoms with Crippen LogP contribution < -0.4 is 10.1 Å². The van der Waals surface area contributed by atoms with E-state index in [9.17, 15) is 0 Å². The minimum absolute atomic E-state index is 0.149. The molecule has 1 aliphatic rings. The maximum absolute atomic E-state index is 8.36. The van der Waals surface area contributed by atoms with Gasteiger partial charge in [0.1, 0.15) is 5.75 Å². The number of rotatable bonds is 7. The second kappa shape index (κ2) is 10.7. The Bertz CT molecular complexity index is 979. The summed E-state index contributed by atoms with van der Waals surface area (Å²) in [7, 11) is 0. The van der Waals surface area contributed by atoms with Gasteiger partial charge in [0.15, 0.2) is 0 Å². The molecule has 0 atom stereocenters. The molecule has 2 N–H and O–H groups in total. The third-order valence-electron chi connectivity index (χ3n) is 5.12. The second-order valence-corrected chi connectivity index (χ2v) is 7.87. The van der Waals surface area contributed by atoms with Crippen molar-refractivity contribution in [1.29, 1.82) is 0 Å². The molecule has 7 heteroatoms. The van der Waals surface area contributed by atoms with E-state index in [-0.39, 0.29) is 12.6 Å². The number of nitrogens with one attached hydrogen (secondary N) is 1. The number of benzene rings is 2. The van der Waals surface area contributed by atoms with Crippen LogP contribution in [-0.4, -0.2) is 33.9 Å². The first kappa shape index (κ1) is 22.5. The molecular weight excluding hydrogens is 394 g/mol. The predicted molar refractivity (Wildman–Crippen MR) is 119 cm³/mol. The molecule has 1 heterocycles. The second-order valence-electron chi connectivity index (χ2n) is 7.87. The number of ether oxygens (including phenoxy) is 1. The number of carbonyl (C=O) groups is 1. The lowest BCUT2D eigenvalue weighted by atomic mass is 9.93. The van der Waals surface area contributed by atoms with Crippen LogP contribution in [0, 0.1) is 6.92 Å². The van der Waals surface area contributed by atoms with Crippen LogP contribution in [0.2, 0.25) is 0 Å². The molecule has 0 saturated heterocycles. The fraction of sp³-hybridized carbons (Fsp3) is 0.375. The van der Waals surface area contributed by atoms with Crippen molar-refractivity contribution in [2.75, 3.05) is 0 Å². The summed E-state index contributed by atoms with van der Waals surface area (Å²) in [5.41, 5.74) is 4.29. The van der Waals surface area contributed by atoms with Gasteiger partial charge in [-0.1, -0.05) is 18.6 Å². The largest absolute Gasteiger partial charge is 0.491 e. The summed E-state index contributed by atoms with van der Waals surface area (Å²) in [4.78, 5) is 8.36. The smallest absolute Gasteiger partial charge is 0.290 e. The Balaban J connectivity index is 0.000000858. The van der Waals surface area contributed by atoms with Crippen molar-refractivity contribution in [3.05, 3.63) is 53.6 Å². The van der Waals surface area contributed by atoms with Crippen LogP contribution in [0.15, 0.2) is 46.9 Å². The lowest BCUT2D eigenvalue weighted by Crippen LogP contribution is -2.34. The van der Waals surface area contributed by atoms with Crippen LogP contribution in [-0.2, 0) is 11.3 Å². The number of aryl methyl sites for hydroxylation is 1. The Labute approximate surface area is 182 Å². The summed E-state index contributed by atoms with van der Waals surface area (Å²) in [6.45, 7) is 6.76. The van der Waals surface area contributed by atoms with E-state index in [0.717, 1.165) is 29.0 Å². The van der Waals surface area contributed by atoms with E-state index in [0.29, 0.717) is 17.8 Å². The fourth-order valence-corrected chi connectivity index (χ4v) is 3.35. The molecule has 0 aliphatic heterocycles. The number of hydrogen-bond donors (Lipinski definition) is 2. The highest BCUT2D eigenvalue weighted by Gasteiger charge is 2.17. The van der Waals surface area contributed by atoms with E-state index in [1.807, 2.05) is 38.1 Å². The van der Waals surface area contributed by atoms with Crippen molar-refractivity contribution in [3.8, 4) is 28.7 Å². The summed E-state index contributed by atoms with van der Waals surface area (Å²) in [5.74, 6) is 1.90. The average Bonchev–Trinajstić information content (AvgIpc) is 3.17. The molecule has 0 spiro atoms. The normalized spacial score (nSPS) is 13.3. The van der Waals surface area contributed by atoms with Crippen LogP contribution in [0.25, 0.3) is 22.9 Å². The molecule has 1 aromatic heterocycles. The first-order valence-corrected chi connectivity index (χ1v) is 10.5. The summed E-state index contributed by atoms with van der Waals surface area (Å²) < 4.78 is 11.6. The van der Waals surface area contributed by atoms with Gasteiger partial charge in [0.2, 0.25) is 11.8 Å². The van der Waals surface area contributed by atoms with Gasteiger partial charge in [-0.15, -0.1) is 10.2 Å². The molecular formula is C24H29N3O4. The molecule has 0 bridgehead atoms. The van der Waals surface area contributed by atoms with Crippen LogP contribution in [0.1, 0.15) is 44.2 Å². The Hall–Kier alpha value is -3.19. The van der Waals surface area contributed by atoms with E-state index in [1.165, 1.54) is 24.8 Å². The van der Waals surface area contributed by atoms with E-state index < -0.39 is 0 Å². The van der Waals surface area contributed by atoms with Gasteiger partial charge < -0.3 is 19.6 Å². The summed E-state index contributed by atoms with van der Waals surface area (Å²) in [5, 5.41) is 19.0. The third-order valence-corrected chi connectivity index (χ3v) is 5.12. The Morgan fingerprint density at radius 2 is 1.84 bits per heavy atom. The lowest BCUT2D eigenvalue weighted by Gasteiger charge is -2.26. The molecule has 0 radical (unpaired) electrons. The average molecular weight is 424 g/mol. The molecule has 0 amide bonds. The molecule has 1 saturated carbocycles. The first-order valence-electron chi connectivity index (χ1n) is 10.5. The van der Waals surface area contributed by atoms with E-state index in [4.69, 9.17) is 19.1 Å². The van der Waals surface area contributed by atoms with E-state index >= 15 is 0 Å². The van der Waals surface area contributed by atoms with Crippen LogP contribution in [0.5, 0.6) is 5.75 Å². The highest BCUT2D eigenvalue weighted by Crippen LogP contribution is 2.28. The number of hydrogen-bond acceptors (Lipinski definition) is 6. The van der Waals surface area contributed by atoms with Crippen molar-refractivity contribution < 1.29 is 19.1 Å². The molecule has 164 valence electrons. The zero-order valence-electron chi connectivity index (χ0n) is 18.2. The maximum atomic E-state index is 8.36. The summed E-state index contributed by atoms with van der Waals surface area (Å²) in [6, 6.07) is 14.8. The van der Waals surface area contributed by atoms with Gasteiger partial charge in [-0.05, 0) is 75.1 Å². The third kappa shape index (κ3) is 6.15. The lowest BCUT2D eigenvalue weighted by molar-refractivity contribution is -0.122. The van der Waals surface area contributed by atoms with Gasteiger partial charge in [-0.3, -0.25) is 4.79 Å². The molecule has 7 nitrogen and oxygen atoms in total. The van der Waals surface area contributed by atoms with Gasteiger partial charge in [-0.25, -0.2) is 0 Å². The quantitative estimate of drug-likeness (QED) is 0.525. The van der Waals surface area contributed by atoms with E-state index in [2.05, 4.69) is 40.6 Å². The Morgan fingerprint density at radius 3 is 2.42 bits per heavy atom. The van der Waals surface area contributed by atoms with Gasteiger partial charge in [0, 0.05) is 23.7 Å². The number of nitrogens with zero attached hydrogens (tertiary/aromatic N) is 2. The monoisotopic (exact) mass is 423 g/mol. The molecule has 4 rings (SSSR count). The minimum atomic E-state index is -0.250. The zero-order chi connectivity index (χ0) is 22.2. The summed E-state index contributed by atoms with van der Waals surface area (Å²) >= 11 is 0. The molecule has 1 fully saturated rings. The van der Waals surface area contributed by atoms with Gasteiger partial charge in [0.25, 0.3) is 6.47 Å². The van der Waals surface area contributed by atoms with Gasteiger partial charge in [-0.2, -0.15) is 0 Å². The molecule has 31 heavy (non-hydrogen) atoms. The fourth-order valence-electron chi connectivity index (χ4n) is 3.35. The number of carboxylic acid groups (broad SMARTS) is 1. The van der Waals surface area contributed by atoms with E-state index in [1.54, 1.807) is 0 Å². The molecule has 0 unspecified atom stereocenters. The highest BCUT2D eigenvalue weighted by atomic mass is 16.5. The number of aromatic nitrogens is 2. The van der Waals surface area contributed by atoms with Gasteiger partial charge >= 0.3 is 0 Å². The molecule has 1 aliphatic carbocycles. The van der Waals surface area contributed by atoms with Gasteiger partial charge in [0.05, 0.1) is 6.10 Å². The van der Waals surface area contributed by atoms with Crippen molar-refractivity contribution in [2.45, 2.75) is 58.7 Å². The zero-order valence-corrected chi connectivity index (χ0v) is 18.2. The van der Waals surface area contributed by atoms with Crippen molar-refractivity contribution in [2.24, 2.45) is 0 Å². The van der Waals surface area contributed by atoms with Crippen molar-refractivity contribution >= 4 is 6.47 Å². The predicted octanol–water partition coefficient (Wildman–Crippen LogP) is 4.84.